The van der Waals surface area contributed by atoms with E-state index in [1.54, 1.807) is 0 Å². The molecular weight excluding hydrogens is 757 g/mol. The molecule has 60 heavy (non-hydrogen) atoms. The van der Waals surface area contributed by atoms with Crippen molar-refractivity contribution in [2.24, 2.45) is 0 Å². The Morgan fingerprint density at radius 3 is 1.55 bits per heavy atom. The SMILES string of the molecule is CC/C=C\C/C=C\C/C=C\C/C=C\CCCCCCCCCCCCCCCOCC(COC1OC(CO)C(O)C(O)C1O)OC(=O)CCCCCCC/C=C\CCCC. The molecule has 0 aromatic carbocycles. The molecule has 0 radical (unpaired) electrons. The Kier molecular flexibility index (Phi) is 39.3. The minimum Gasteiger partial charge on any atom is -0.457 e. The summed E-state index contributed by atoms with van der Waals surface area (Å²) in [6.07, 6.45) is 46.9. The molecule has 0 aromatic heterocycles. The normalized spacial score (nSPS) is 20.5. The van der Waals surface area contributed by atoms with Gasteiger partial charge in [0.15, 0.2) is 6.29 Å². The summed E-state index contributed by atoms with van der Waals surface area (Å²) in [6, 6.07) is 0. The highest BCUT2D eigenvalue weighted by Gasteiger charge is 2.44. The number of ether oxygens (including phenoxy) is 4. The Hall–Kier alpha value is -2.11. The van der Waals surface area contributed by atoms with Crippen molar-refractivity contribution in [3.8, 4) is 0 Å². The van der Waals surface area contributed by atoms with Crippen LogP contribution in [-0.2, 0) is 23.7 Å². The van der Waals surface area contributed by atoms with E-state index in [2.05, 4.69) is 74.6 Å². The van der Waals surface area contributed by atoms with Gasteiger partial charge in [0.1, 0.15) is 30.5 Å². The molecule has 1 fully saturated rings. The fraction of sp³-hybridized carbons (Fsp3) is 0.784. The maximum absolute atomic E-state index is 12.7. The molecular formula is C51H90O9. The second kappa shape index (κ2) is 42.2. The average molecular weight is 847 g/mol. The van der Waals surface area contributed by atoms with Crippen LogP contribution in [0.15, 0.2) is 60.8 Å². The third-order valence-corrected chi connectivity index (χ3v) is 10.9. The monoisotopic (exact) mass is 847 g/mol. The number of esters is 1. The zero-order valence-electron chi connectivity index (χ0n) is 38.2. The first-order chi connectivity index (χ1) is 29.4. The Morgan fingerprint density at radius 2 is 1.02 bits per heavy atom. The fourth-order valence-electron chi connectivity index (χ4n) is 7.11. The summed E-state index contributed by atoms with van der Waals surface area (Å²) in [5, 5.41) is 40.1. The minimum absolute atomic E-state index is 0.118. The van der Waals surface area contributed by atoms with E-state index >= 15 is 0 Å². The van der Waals surface area contributed by atoms with E-state index in [0.29, 0.717) is 13.0 Å². The van der Waals surface area contributed by atoms with E-state index in [4.69, 9.17) is 18.9 Å². The molecule has 1 aliphatic heterocycles. The molecule has 0 saturated carbocycles. The largest absolute Gasteiger partial charge is 0.457 e. The Labute approximate surface area is 366 Å². The van der Waals surface area contributed by atoms with E-state index in [1.165, 1.54) is 89.9 Å². The minimum atomic E-state index is -1.54. The Bertz CT molecular complexity index is 1100. The lowest BCUT2D eigenvalue weighted by Crippen LogP contribution is -2.59. The quantitative estimate of drug-likeness (QED) is 0.0269. The first-order valence-corrected chi connectivity index (χ1v) is 24.4. The Morgan fingerprint density at radius 1 is 0.550 bits per heavy atom. The molecule has 0 aromatic rings. The van der Waals surface area contributed by atoms with Crippen molar-refractivity contribution in [3.63, 3.8) is 0 Å². The number of aliphatic hydroxyl groups excluding tert-OH is 4. The lowest BCUT2D eigenvalue weighted by Gasteiger charge is -2.39. The molecule has 0 aliphatic carbocycles. The lowest BCUT2D eigenvalue weighted by molar-refractivity contribution is -0.305. The molecule has 1 heterocycles. The number of allylic oxidation sites excluding steroid dienone is 10. The number of carbonyl (C=O) groups excluding carboxylic acids is 1. The van der Waals surface area contributed by atoms with Gasteiger partial charge in [-0.3, -0.25) is 4.79 Å². The molecule has 6 atom stereocenters. The number of unbranched alkanes of at least 4 members (excludes halogenated alkanes) is 20. The van der Waals surface area contributed by atoms with Gasteiger partial charge in [-0.15, -0.1) is 0 Å². The predicted molar refractivity (Wildman–Crippen MR) is 247 cm³/mol. The summed E-state index contributed by atoms with van der Waals surface area (Å²) in [5.41, 5.74) is 0. The van der Waals surface area contributed by atoms with Crippen LogP contribution in [-0.4, -0.2) is 89.6 Å². The van der Waals surface area contributed by atoms with Crippen LogP contribution in [0.25, 0.3) is 0 Å². The van der Waals surface area contributed by atoms with Crippen LogP contribution in [0.2, 0.25) is 0 Å². The molecule has 1 saturated heterocycles. The van der Waals surface area contributed by atoms with Crippen LogP contribution in [0.4, 0.5) is 0 Å². The van der Waals surface area contributed by atoms with Gasteiger partial charge in [0.2, 0.25) is 0 Å². The first kappa shape index (κ1) is 55.9. The summed E-state index contributed by atoms with van der Waals surface area (Å²) in [6.45, 7) is 4.39. The van der Waals surface area contributed by atoms with Gasteiger partial charge in [-0.2, -0.15) is 0 Å². The zero-order valence-corrected chi connectivity index (χ0v) is 38.2. The van der Waals surface area contributed by atoms with Crippen LogP contribution >= 0.6 is 0 Å². The van der Waals surface area contributed by atoms with Gasteiger partial charge in [0.05, 0.1) is 19.8 Å². The molecule has 9 nitrogen and oxygen atoms in total. The number of rotatable bonds is 41. The highest BCUT2D eigenvalue weighted by molar-refractivity contribution is 5.69. The van der Waals surface area contributed by atoms with Crippen LogP contribution in [0.5, 0.6) is 0 Å². The van der Waals surface area contributed by atoms with Crippen molar-refractivity contribution in [1.82, 2.24) is 0 Å². The van der Waals surface area contributed by atoms with Crippen molar-refractivity contribution in [1.29, 1.82) is 0 Å². The van der Waals surface area contributed by atoms with E-state index in [-0.39, 0.29) is 19.2 Å². The third kappa shape index (κ3) is 32.6. The van der Waals surface area contributed by atoms with Crippen molar-refractivity contribution in [2.75, 3.05) is 26.4 Å². The van der Waals surface area contributed by atoms with E-state index in [9.17, 15) is 25.2 Å². The molecule has 0 amide bonds. The molecule has 0 bridgehead atoms. The highest BCUT2D eigenvalue weighted by atomic mass is 16.7. The summed E-state index contributed by atoms with van der Waals surface area (Å²) >= 11 is 0. The highest BCUT2D eigenvalue weighted by Crippen LogP contribution is 2.22. The van der Waals surface area contributed by atoms with Crippen LogP contribution < -0.4 is 0 Å². The van der Waals surface area contributed by atoms with E-state index in [0.717, 1.165) is 83.5 Å². The first-order valence-electron chi connectivity index (χ1n) is 24.4. The molecule has 1 rings (SSSR count). The number of carbonyl (C=O) groups is 1. The fourth-order valence-corrected chi connectivity index (χ4v) is 7.11. The molecule has 6 unspecified atom stereocenters. The van der Waals surface area contributed by atoms with Gasteiger partial charge in [-0.1, -0.05) is 177 Å². The van der Waals surface area contributed by atoms with Crippen LogP contribution in [0.1, 0.15) is 194 Å². The van der Waals surface area contributed by atoms with Gasteiger partial charge in [-0.25, -0.2) is 0 Å². The van der Waals surface area contributed by atoms with Crippen molar-refractivity contribution < 1.29 is 44.2 Å². The van der Waals surface area contributed by atoms with Gasteiger partial charge in [0, 0.05) is 13.0 Å². The second-order valence-electron chi connectivity index (χ2n) is 16.5. The summed E-state index contributed by atoms with van der Waals surface area (Å²) in [7, 11) is 0. The van der Waals surface area contributed by atoms with Gasteiger partial charge in [0.25, 0.3) is 0 Å². The topological polar surface area (TPSA) is 135 Å². The maximum Gasteiger partial charge on any atom is 0.306 e. The van der Waals surface area contributed by atoms with Gasteiger partial charge < -0.3 is 39.4 Å². The second-order valence-corrected chi connectivity index (χ2v) is 16.5. The van der Waals surface area contributed by atoms with Crippen LogP contribution in [0, 0.1) is 0 Å². The van der Waals surface area contributed by atoms with Gasteiger partial charge in [-0.05, 0) is 70.6 Å². The molecule has 9 heteroatoms. The molecule has 1 aliphatic rings. The lowest BCUT2D eigenvalue weighted by atomic mass is 9.99. The third-order valence-electron chi connectivity index (χ3n) is 10.9. The maximum atomic E-state index is 12.7. The summed E-state index contributed by atoms with van der Waals surface area (Å²) in [4.78, 5) is 12.7. The standard InChI is InChI=1S/C51H90O9/c1-3-5-7-9-11-13-15-16-17-18-19-20-21-22-23-24-25-26-27-28-29-31-33-35-37-39-41-57-43-45(44-58-51-50(56)49(55)48(54)46(42-52)60-51)59-47(53)40-38-36-34-32-30-14-12-10-8-6-4-2/h5,7,10-13,16-17,19-20,45-46,48-52,54-56H,3-4,6,8-9,14-15,18,21-44H2,1-2H3/b7-5-,12-10-,13-11-,17-16-,20-19-. The zero-order chi connectivity index (χ0) is 43.6. The number of hydrogen-bond acceptors (Lipinski definition) is 9. The Balaban J connectivity index is 2.15. The van der Waals surface area contributed by atoms with Crippen molar-refractivity contribution in [2.45, 2.75) is 230 Å². The molecule has 348 valence electrons. The molecule has 4 N–H and O–H groups in total. The van der Waals surface area contributed by atoms with E-state index < -0.39 is 43.4 Å². The van der Waals surface area contributed by atoms with Crippen molar-refractivity contribution in [3.05, 3.63) is 60.8 Å². The average Bonchev–Trinajstić information content (AvgIpc) is 3.25. The number of aliphatic hydroxyl groups is 4. The van der Waals surface area contributed by atoms with E-state index in [1.807, 2.05) is 0 Å². The summed E-state index contributed by atoms with van der Waals surface area (Å²) < 4.78 is 22.8. The predicted octanol–water partition coefficient (Wildman–Crippen LogP) is 11.5. The molecule has 0 spiro atoms. The number of hydrogen-bond donors (Lipinski definition) is 4. The summed E-state index contributed by atoms with van der Waals surface area (Å²) in [5.74, 6) is -0.326. The van der Waals surface area contributed by atoms with Gasteiger partial charge >= 0.3 is 5.97 Å². The van der Waals surface area contributed by atoms with Crippen LogP contribution in [0.3, 0.4) is 0 Å². The van der Waals surface area contributed by atoms with Crippen molar-refractivity contribution >= 4 is 5.97 Å². The smallest absolute Gasteiger partial charge is 0.306 e.